The van der Waals surface area contributed by atoms with Crippen molar-refractivity contribution in [2.24, 2.45) is 0 Å². The van der Waals surface area contributed by atoms with E-state index >= 15 is 0 Å². The quantitative estimate of drug-likeness (QED) is 0.859. The second kappa shape index (κ2) is 9.22. The number of hydrogen-bond donors (Lipinski definition) is 1. The van der Waals surface area contributed by atoms with E-state index in [9.17, 15) is 4.79 Å². The van der Waals surface area contributed by atoms with Gasteiger partial charge in [0.05, 0.1) is 12.7 Å². The average Bonchev–Trinajstić information content (AvgIpc) is 2.98. The van der Waals surface area contributed by atoms with E-state index in [0.29, 0.717) is 5.56 Å². The molecule has 1 fully saturated rings. The number of likely N-dealkylation sites (tertiary alicyclic amines) is 1. The number of para-hydroxylation sites is 1. The van der Waals surface area contributed by atoms with Crippen molar-refractivity contribution in [2.45, 2.75) is 32.1 Å². The highest BCUT2D eigenvalue weighted by Gasteiger charge is 2.17. The summed E-state index contributed by atoms with van der Waals surface area (Å²) in [5, 5.41) is 3.31. The Kier molecular flexibility index (Phi) is 6.47. The van der Waals surface area contributed by atoms with Gasteiger partial charge in [-0.25, -0.2) is 4.98 Å². The van der Waals surface area contributed by atoms with Crippen molar-refractivity contribution in [3.63, 3.8) is 0 Å². The van der Waals surface area contributed by atoms with Crippen LogP contribution in [-0.4, -0.2) is 42.5 Å². The lowest BCUT2D eigenvalue weighted by Gasteiger charge is -2.20. The molecule has 0 unspecified atom stereocenters. The van der Waals surface area contributed by atoms with Gasteiger partial charge < -0.3 is 15.0 Å². The number of aromatic nitrogens is 1. The zero-order valence-electron chi connectivity index (χ0n) is 15.4. The highest BCUT2D eigenvalue weighted by Crippen LogP contribution is 2.18. The van der Waals surface area contributed by atoms with Crippen LogP contribution in [0, 0.1) is 0 Å². The molecule has 0 aliphatic carbocycles. The summed E-state index contributed by atoms with van der Waals surface area (Å²) in [5.41, 5.74) is 1.83. The van der Waals surface area contributed by atoms with E-state index in [1.165, 1.54) is 12.8 Å². The molecule has 1 N–H and O–H groups in total. The molecular formula is C21H27N3O2. The molecule has 26 heavy (non-hydrogen) atoms. The molecule has 0 atom stereocenters. The molecule has 2 aromatic rings. The molecule has 0 spiro atoms. The first kappa shape index (κ1) is 18.2. The van der Waals surface area contributed by atoms with E-state index in [1.54, 1.807) is 13.3 Å². The summed E-state index contributed by atoms with van der Waals surface area (Å²) in [6, 6.07) is 11.8. The first-order valence-corrected chi connectivity index (χ1v) is 9.39. The summed E-state index contributed by atoms with van der Waals surface area (Å²) < 4.78 is 5.37. The Morgan fingerprint density at radius 1 is 1.12 bits per heavy atom. The molecule has 5 heteroatoms. The molecule has 0 bridgehead atoms. The molecule has 0 radical (unpaired) electrons. The molecule has 1 aromatic heterocycles. The Morgan fingerprint density at radius 3 is 2.58 bits per heavy atom. The van der Waals surface area contributed by atoms with Crippen molar-refractivity contribution in [2.75, 3.05) is 32.1 Å². The molecule has 1 aromatic carbocycles. The molecular weight excluding hydrogens is 326 g/mol. The fourth-order valence-electron chi connectivity index (χ4n) is 3.32. The minimum absolute atomic E-state index is 0.0972. The average molecular weight is 353 g/mol. The molecule has 1 aliphatic rings. The third kappa shape index (κ3) is 4.75. The summed E-state index contributed by atoms with van der Waals surface area (Å²) in [6.45, 7) is 2.47. The van der Waals surface area contributed by atoms with Crippen molar-refractivity contribution in [1.82, 2.24) is 9.88 Å². The monoisotopic (exact) mass is 353 g/mol. The summed E-state index contributed by atoms with van der Waals surface area (Å²) in [7, 11) is 1.69. The lowest BCUT2D eigenvalue weighted by atomic mass is 10.1. The zero-order chi connectivity index (χ0) is 18.2. The van der Waals surface area contributed by atoms with Gasteiger partial charge in [0, 0.05) is 25.8 Å². The highest BCUT2D eigenvalue weighted by atomic mass is 16.5. The Labute approximate surface area is 155 Å². The lowest BCUT2D eigenvalue weighted by Crippen LogP contribution is -2.31. The Hall–Kier alpha value is -2.56. The van der Waals surface area contributed by atoms with E-state index in [4.69, 9.17) is 4.74 Å². The molecule has 3 rings (SSSR count). The SMILES string of the molecule is COc1ccccc1CCNc1ccc(C(=O)N2CCCCCC2)cn1. The Balaban J connectivity index is 1.53. The third-order valence-corrected chi connectivity index (χ3v) is 4.80. The second-order valence-electron chi connectivity index (χ2n) is 6.63. The van der Waals surface area contributed by atoms with Crippen molar-refractivity contribution < 1.29 is 9.53 Å². The first-order chi connectivity index (χ1) is 12.8. The minimum Gasteiger partial charge on any atom is -0.496 e. The molecule has 0 saturated carbocycles. The van der Waals surface area contributed by atoms with Gasteiger partial charge in [-0.2, -0.15) is 0 Å². The van der Waals surface area contributed by atoms with Crippen LogP contribution in [0.5, 0.6) is 5.75 Å². The maximum atomic E-state index is 12.6. The summed E-state index contributed by atoms with van der Waals surface area (Å²) >= 11 is 0. The molecule has 2 heterocycles. The molecule has 1 saturated heterocycles. The first-order valence-electron chi connectivity index (χ1n) is 9.39. The van der Waals surface area contributed by atoms with Gasteiger partial charge in [0.25, 0.3) is 5.91 Å². The van der Waals surface area contributed by atoms with Crippen LogP contribution in [0.3, 0.4) is 0 Å². The van der Waals surface area contributed by atoms with Crippen molar-refractivity contribution in [3.05, 3.63) is 53.7 Å². The molecule has 1 amide bonds. The number of rotatable bonds is 6. The number of benzene rings is 1. The van der Waals surface area contributed by atoms with Gasteiger partial charge in [0.1, 0.15) is 11.6 Å². The van der Waals surface area contributed by atoms with Crippen LogP contribution in [0.2, 0.25) is 0 Å². The highest BCUT2D eigenvalue weighted by molar-refractivity contribution is 5.94. The van der Waals surface area contributed by atoms with Gasteiger partial charge in [-0.05, 0) is 43.0 Å². The van der Waals surface area contributed by atoms with E-state index in [1.807, 2.05) is 35.2 Å². The van der Waals surface area contributed by atoms with Crippen molar-refractivity contribution in [1.29, 1.82) is 0 Å². The zero-order valence-corrected chi connectivity index (χ0v) is 15.4. The van der Waals surface area contributed by atoms with Crippen molar-refractivity contribution >= 4 is 11.7 Å². The number of amides is 1. The standard InChI is InChI=1S/C21H27N3O2/c1-26-19-9-5-4-8-17(19)12-13-22-20-11-10-18(16-23-20)21(25)24-14-6-2-3-7-15-24/h4-5,8-11,16H,2-3,6-7,12-15H2,1H3,(H,22,23). The number of nitrogens with one attached hydrogen (secondary N) is 1. The predicted octanol–water partition coefficient (Wildman–Crippen LogP) is 3.76. The summed E-state index contributed by atoms with van der Waals surface area (Å²) in [6.07, 6.45) is 7.16. The maximum Gasteiger partial charge on any atom is 0.255 e. The summed E-state index contributed by atoms with van der Waals surface area (Å²) in [5.74, 6) is 1.79. The van der Waals surface area contributed by atoms with E-state index in [0.717, 1.165) is 56.0 Å². The van der Waals surface area contributed by atoms with Gasteiger partial charge in [0.2, 0.25) is 0 Å². The van der Waals surface area contributed by atoms with Gasteiger partial charge in [-0.3, -0.25) is 4.79 Å². The normalized spacial score (nSPS) is 14.6. The van der Waals surface area contributed by atoms with Crippen LogP contribution in [0.25, 0.3) is 0 Å². The van der Waals surface area contributed by atoms with Gasteiger partial charge in [-0.15, -0.1) is 0 Å². The minimum atomic E-state index is 0.0972. The number of ether oxygens (including phenoxy) is 1. The van der Waals surface area contributed by atoms with Gasteiger partial charge in [-0.1, -0.05) is 31.0 Å². The van der Waals surface area contributed by atoms with Crippen LogP contribution in [0.1, 0.15) is 41.6 Å². The summed E-state index contributed by atoms with van der Waals surface area (Å²) in [4.78, 5) is 18.9. The van der Waals surface area contributed by atoms with Crippen LogP contribution in [0.15, 0.2) is 42.6 Å². The molecule has 138 valence electrons. The third-order valence-electron chi connectivity index (χ3n) is 4.80. The fraction of sp³-hybridized carbons (Fsp3) is 0.429. The lowest BCUT2D eigenvalue weighted by molar-refractivity contribution is 0.0761. The molecule has 1 aliphatic heterocycles. The second-order valence-corrected chi connectivity index (χ2v) is 6.63. The maximum absolute atomic E-state index is 12.6. The fourth-order valence-corrected chi connectivity index (χ4v) is 3.32. The number of pyridine rings is 1. The van der Waals surface area contributed by atoms with E-state index in [2.05, 4.69) is 16.4 Å². The number of anilines is 1. The smallest absolute Gasteiger partial charge is 0.255 e. The van der Waals surface area contributed by atoms with Gasteiger partial charge in [0.15, 0.2) is 0 Å². The van der Waals surface area contributed by atoms with E-state index in [-0.39, 0.29) is 5.91 Å². The van der Waals surface area contributed by atoms with Gasteiger partial charge >= 0.3 is 0 Å². The molecule has 5 nitrogen and oxygen atoms in total. The van der Waals surface area contributed by atoms with Crippen LogP contribution in [-0.2, 0) is 6.42 Å². The van der Waals surface area contributed by atoms with E-state index < -0.39 is 0 Å². The number of hydrogen-bond acceptors (Lipinski definition) is 4. The van der Waals surface area contributed by atoms with Crippen LogP contribution < -0.4 is 10.1 Å². The predicted molar refractivity (Wildman–Crippen MR) is 104 cm³/mol. The number of nitrogens with zero attached hydrogens (tertiary/aromatic N) is 2. The van der Waals surface area contributed by atoms with Crippen molar-refractivity contribution in [3.8, 4) is 5.75 Å². The topological polar surface area (TPSA) is 54.5 Å². The number of carbonyl (C=O) groups excluding carboxylic acids is 1. The van der Waals surface area contributed by atoms with Crippen LogP contribution in [0.4, 0.5) is 5.82 Å². The largest absolute Gasteiger partial charge is 0.496 e. The van der Waals surface area contributed by atoms with Crippen LogP contribution >= 0.6 is 0 Å². The Bertz CT molecular complexity index is 707. The Morgan fingerprint density at radius 2 is 1.88 bits per heavy atom. The number of methoxy groups -OCH3 is 1. The number of carbonyl (C=O) groups is 1.